The summed E-state index contributed by atoms with van der Waals surface area (Å²) in [6.45, 7) is 20.9. The fraction of sp³-hybridized carbons (Fsp3) is 0.500. The second-order valence-electron chi connectivity index (χ2n) is 14.3. The first kappa shape index (κ1) is 32.8. The second-order valence-corrected chi connectivity index (χ2v) is 19.1. The minimum atomic E-state index is -2.15. The number of nitrogens with zero attached hydrogens (tertiary/aromatic N) is 6. The predicted octanol–water partition coefficient (Wildman–Crippen LogP) is 6.20. The number of anilines is 3. The highest BCUT2D eigenvalue weighted by Gasteiger charge is 2.47. The van der Waals surface area contributed by atoms with E-state index in [0.717, 1.165) is 11.1 Å². The molecular weight excluding hydrogens is 574 g/mol. The molecule has 1 atom stereocenters. The van der Waals surface area contributed by atoms with Crippen molar-refractivity contribution in [2.45, 2.75) is 84.5 Å². The molecule has 4 rings (SSSR count). The molecule has 12 heteroatoms. The molecule has 0 saturated heterocycles. The highest BCUT2D eigenvalue weighted by atomic mass is 28.4. The zero-order chi connectivity index (χ0) is 32.8. The van der Waals surface area contributed by atoms with Gasteiger partial charge in [-0.25, -0.2) is 14.8 Å². The second kappa shape index (κ2) is 11.4. The van der Waals surface area contributed by atoms with Crippen molar-refractivity contribution in [3.63, 3.8) is 0 Å². The summed E-state index contributed by atoms with van der Waals surface area (Å²) in [5.74, 6) is 0.505. The monoisotopic (exact) mass is 617 g/mol. The third-order valence-corrected chi connectivity index (χ3v) is 12.7. The predicted molar refractivity (Wildman–Crippen MR) is 174 cm³/mol. The Morgan fingerprint density at radius 1 is 1.16 bits per heavy atom. The topological polar surface area (TPSA) is 135 Å². The maximum atomic E-state index is 13.5. The maximum absolute atomic E-state index is 13.5. The van der Waals surface area contributed by atoms with E-state index < -0.39 is 25.4 Å². The standard InChI is InChI=1S/C32H43N7O4Si/c1-20-12-24(27(40)38(9)16-20)36-28-35-19-34-26(37-28)21-13-22(15-33)25-23(14-21)32(8,18-42-44(10,11)31(5,6)7)17-39(25)29(41)43-30(2,3)4/h12-14,16,19H,17-18H2,1-11H3,(H,34,35,36,37)/t32-/m1/s1. The fourth-order valence-electron chi connectivity index (χ4n) is 4.85. The molecule has 1 aliphatic rings. The van der Waals surface area contributed by atoms with E-state index in [9.17, 15) is 14.9 Å². The van der Waals surface area contributed by atoms with E-state index >= 15 is 0 Å². The summed E-state index contributed by atoms with van der Waals surface area (Å²) in [5, 5.41) is 13.3. The van der Waals surface area contributed by atoms with Crippen molar-refractivity contribution in [3.05, 3.63) is 57.8 Å². The van der Waals surface area contributed by atoms with E-state index in [4.69, 9.17) is 9.16 Å². The minimum Gasteiger partial charge on any atom is -0.443 e. The number of carbonyl (C=O) groups excluding carboxylic acids is 1. The summed E-state index contributed by atoms with van der Waals surface area (Å²) in [7, 11) is -0.473. The van der Waals surface area contributed by atoms with Crippen LogP contribution in [-0.4, -0.2) is 52.7 Å². The van der Waals surface area contributed by atoms with Crippen LogP contribution in [0.5, 0.6) is 0 Å². The number of nitriles is 1. The fourth-order valence-corrected chi connectivity index (χ4v) is 5.96. The molecule has 1 aromatic carbocycles. The summed E-state index contributed by atoms with van der Waals surface area (Å²) in [6.07, 6.45) is 2.58. The van der Waals surface area contributed by atoms with Crippen molar-refractivity contribution in [1.82, 2.24) is 19.5 Å². The van der Waals surface area contributed by atoms with Crippen LogP contribution in [0.25, 0.3) is 11.4 Å². The van der Waals surface area contributed by atoms with Gasteiger partial charge in [0.15, 0.2) is 14.1 Å². The van der Waals surface area contributed by atoms with Gasteiger partial charge in [-0.15, -0.1) is 0 Å². The number of hydrogen-bond acceptors (Lipinski definition) is 9. The van der Waals surface area contributed by atoms with Crippen LogP contribution < -0.4 is 15.8 Å². The Bertz CT molecular complexity index is 1700. The highest BCUT2D eigenvalue weighted by Crippen LogP contribution is 2.47. The summed E-state index contributed by atoms with van der Waals surface area (Å²) < 4.78 is 13.9. The number of fused-ring (bicyclic) bond motifs is 1. The largest absolute Gasteiger partial charge is 0.443 e. The normalized spacial score (nSPS) is 16.8. The van der Waals surface area contributed by atoms with Crippen LogP contribution in [0.15, 0.2) is 35.5 Å². The number of carbonyl (C=O) groups is 1. The van der Waals surface area contributed by atoms with Gasteiger partial charge < -0.3 is 19.0 Å². The Labute approximate surface area is 260 Å². The lowest BCUT2D eigenvalue weighted by molar-refractivity contribution is 0.0575. The van der Waals surface area contributed by atoms with Crippen LogP contribution in [0, 0.1) is 18.3 Å². The van der Waals surface area contributed by atoms with Crippen LogP contribution in [0.4, 0.5) is 22.1 Å². The number of aromatic nitrogens is 4. The van der Waals surface area contributed by atoms with Gasteiger partial charge in [0.25, 0.3) is 5.56 Å². The third kappa shape index (κ3) is 6.69. The van der Waals surface area contributed by atoms with Gasteiger partial charge in [-0.2, -0.15) is 10.2 Å². The van der Waals surface area contributed by atoms with Gasteiger partial charge in [0.2, 0.25) is 5.95 Å². The molecule has 0 unspecified atom stereocenters. The number of nitrogens with one attached hydrogen (secondary N) is 1. The lowest BCUT2D eigenvalue weighted by Crippen LogP contribution is -2.46. The van der Waals surface area contributed by atoms with Gasteiger partial charge in [0, 0.05) is 37.4 Å². The highest BCUT2D eigenvalue weighted by molar-refractivity contribution is 6.74. The van der Waals surface area contributed by atoms with Gasteiger partial charge in [-0.3, -0.25) is 9.69 Å². The SMILES string of the molecule is Cc1cc(Nc2ncnc(-c3cc(C#N)c4c(c3)[C@@](C)(CO[Si](C)(C)C(C)(C)C)CN4C(=O)OC(C)(C)C)n2)c(=O)n(C)c1. The maximum Gasteiger partial charge on any atom is 0.414 e. The lowest BCUT2D eigenvalue weighted by atomic mass is 9.83. The number of benzene rings is 1. The molecule has 234 valence electrons. The van der Waals surface area contributed by atoms with E-state index in [1.54, 1.807) is 30.3 Å². The average molecular weight is 618 g/mol. The first-order chi connectivity index (χ1) is 20.2. The van der Waals surface area contributed by atoms with Crippen molar-refractivity contribution < 1.29 is 14.0 Å². The van der Waals surface area contributed by atoms with E-state index in [1.165, 1.54) is 10.9 Å². The number of amides is 1. The first-order valence-electron chi connectivity index (χ1n) is 14.6. The van der Waals surface area contributed by atoms with Crippen molar-refractivity contribution in [3.8, 4) is 17.5 Å². The molecule has 1 amide bonds. The van der Waals surface area contributed by atoms with Gasteiger partial charge in [-0.05, 0) is 75.2 Å². The summed E-state index contributed by atoms with van der Waals surface area (Å²) in [4.78, 5) is 40.9. The Balaban J connectivity index is 1.81. The van der Waals surface area contributed by atoms with Crippen LogP contribution >= 0.6 is 0 Å². The molecule has 11 nitrogen and oxygen atoms in total. The Kier molecular flexibility index (Phi) is 8.54. The molecule has 1 aliphatic heterocycles. The van der Waals surface area contributed by atoms with Crippen molar-refractivity contribution >= 4 is 31.7 Å². The van der Waals surface area contributed by atoms with E-state index in [1.807, 2.05) is 40.7 Å². The Morgan fingerprint density at radius 3 is 2.45 bits per heavy atom. The zero-order valence-electron chi connectivity index (χ0n) is 27.6. The Morgan fingerprint density at radius 2 is 1.84 bits per heavy atom. The molecule has 2 aromatic heterocycles. The van der Waals surface area contributed by atoms with Crippen LogP contribution in [0.3, 0.4) is 0 Å². The first-order valence-corrected chi connectivity index (χ1v) is 17.5. The number of hydrogen-bond donors (Lipinski definition) is 1. The number of aryl methyl sites for hydroxylation is 2. The van der Waals surface area contributed by atoms with Gasteiger partial charge in [-0.1, -0.05) is 27.7 Å². The van der Waals surface area contributed by atoms with Crippen molar-refractivity contribution in [1.29, 1.82) is 5.26 Å². The lowest BCUT2D eigenvalue weighted by Gasteiger charge is -2.39. The van der Waals surface area contributed by atoms with E-state index in [2.05, 4.69) is 60.2 Å². The molecule has 0 spiro atoms. The van der Waals surface area contributed by atoms with E-state index in [0.29, 0.717) is 34.9 Å². The van der Waals surface area contributed by atoms with Crippen LogP contribution in [-0.2, 0) is 21.6 Å². The van der Waals surface area contributed by atoms with Gasteiger partial charge in [0.1, 0.15) is 23.7 Å². The number of ether oxygens (including phenoxy) is 1. The molecule has 0 saturated carbocycles. The third-order valence-electron chi connectivity index (χ3n) is 8.23. The minimum absolute atomic E-state index is 0.0120. The summed E-state index contributed by atoms with van der Waals surface area (Å²) in [6, 6.07) is 7.60. The smallest absolute Gasteiger partial charge is 0.414 e. The van der Waals surface area contributed by atoms with E-state index in [-0.39, 0.29) is 23.1 Å². The molecular formula is C32H43N7O4Si. The van der Waals surface area contributed by atoms with Crippen LogP contribution in [0.1, 0.15) is 65.2 Å². The van der Waals surface area contributed by atoms with Gasteiger partial charge >= 0.3 is 6.09 Å². The summed E-state index contributed by atoms with van der Waals surface area (Å²) in [5.41, 5.74) is 1.80. The Hall–Kier alpha value is -4.08. The van der Waals surface area contributed by atoms with Crippen LogP contribution in [0.2, 0.25) is 18.1 Å². The zero-order valence-corrected chi connectivity index (χ0v) is 28.6. The number of pyridine rings is 1. The summed E-state index contributed by atoms with van der Waals surface area (Å²) >= 11 is 0. The quantitative estimate of drug-likeness (QED) is 0.321. The molecule has 44 heavy (non-hydrogen) atoms. The van der Waals surface area contributed by atoms with Crippen molar-refractivity contribution in [2.24, 2.45) is 7.05 Å². The van der Waals surface area contributed by atoms with Crippen molar-refractivity contribution in [2.75, 3.05) is 23.4 Å². The molecule has 3 aromatic rings. The molecule has 0 aliphatic carbocycles. The molecule has 0 radical (unpaired) electrons. The van der Waals surface area contributed by atoms with Gasteiger partial charge in [0.05, 0.1) is 11.3 Å². The molecule has 0 fully saturated rings. The molecule has 0 bridgehead atoms. The molecule has 3 heterocycles. The number of rotatable bonds is 6. The average Bonchev–Trinajstić information content (AvgIpc) is 3.21. The molecule has 1 N–H and O–H groups in total.